The third kappa shape index (κ3) is 7.34. The average Bonchev–Trinajstić information content (AvgIpc) is 3.20. The molecule has 0 aliphatic carbocycles. The fourth-order valence-corrected chi connectivity index (χ4v) is 7.29. The van der Waals surface area contributed by atoms with Crippen LogP contribution in [0.2, 0.25) is 10.0 Å². The van der Waals surface area contributed by atoms with Crippen molar-refractivity contribution < 1.29 is 29.2 Å². The molecule has 0 aliphatic rings. The molecule has 270 valence electrons. The van der Waals surface area contributed by atoms with Gasteiger partial charge < -0.3 is 29.2 Å². The van der Waals surface area contributed by atoms with E-state index in [2.05, 4.69) is 12.1 Å². The van der Waals surface area contributed by atoms with E-state index in [1.807, 2.05) is 133 Å². The second-order valence-corrected chi connectivity index (χ2v) is 13.9. The van der Waals surface area contributed by atoms with E-state index in [0.717, 1.165) is 54.2 Å². The van der Waals surface area contributed by atoms with Crippen LogP contribution in [0.4, 0.5) is 0 Å². The number of fused-ring (bicyclic) bond motifs is 4. The lowest BCUT2D eigenvalue weighted by Gasteiger charge is -2.23. The Kier molecular flexibility index (Phi) is 10.4. The van der Waals surface area contributed by atoms with E-state index in [9.17, 15) is 10.2 Å². The van der Waals surface area contributed by atoms with Gasteiger partial charge in [-0.25, -0.2) is 0 Å². The van der Waals surface area contributed by atoms with Crippen LogP contribution in [0, 0.1) is 0 Å². The fraction of sp³-hybridized carbons (Fsp3) is 0.130. The molecule has 8 rings (SSSR count). The van der Waals surface area contributed by atoms with Gasteiger partial charge in [0.15, 0.2) is 0 Å². The molecular weight excluding hydrogens is 719 g/mol. The molecule has 54 heavy (non-hydrogen) atoms. The minimum Gasteiger partial charge on any atom is -0.491 e. The normalized spacial score (nSPS) is 12.6. The molecule has 0 saturated heterocycles. The number of aliphatic hydroxyl groups is 2. The van der Waals surface area contributed by atoms with Gasteiger partial charge in [-0.2, -0.15) is 0 Å². The van der Waals surface area contributed by atoms with Crippen LogP contribution < -0.4 is 18.9 Å². The molecule has 0 saturated carbocycles. The molecule has 2 unspecified atom stereocenters. The number of hydrogen-bond donors (Lipinski definition) is 2. The van der Waals surface area contributed by atoms with Crippen molar-refractivity contribution in [1.29, 1.82) is 0 Å². The standard InChI is InChI=1S/C46H36Cl2O6/c47-29-19-21-39-41(23-29)43(35-15-7-9-17-37(35)45(39)53-27-31(49)25-51-33-11-3-1-4-12-33)44-36-16-8-10-18-38(36)46(40-22-20-30(48)24-42(40)44)54-28-32(50)26-52-34-13-5-2-6-14-34/h1-24,31-32,49-50H,25-28H2. The van der Waals surface area contributed by atoms with Gasteiger partial charge in [-0.3, -0.25) is 0 Å². The number of ether oxygens (including phenoxy) is 4. The first-order valence-electron chi connectivity index (χ1n) is 17.7. The van der Waals surface area contributed by atoms with Crippen LogP contribution in [0.5, 0.6) is 23.0 Å². The molecule has 8 aromatic rings. The Morgan fingerprint density at radius 1 is 0.370 bits per heavy atom. The second-order valence-electron chi connectivity index (χ2n) is 13.1. The summed E-state index contributed by atoms with van der Waals surface area (Å²) in [6.07, 6.45) is -1.76. The molecule has 2 N–H and O–H groups in total. The molecular formula is C46H36Cl2O6. The topological polar surface area (TPSA) is 77.4 Å². The smallest absolute Gasteiger partial charge is 0.135 e. The van der Waals surface area contributed by atoms with Crippen molar-refractivity contribution in [2.24, 2.45) is 0 Å². The largest absolute Gasteiger partial charge is 0.491 e. The highest BCUT2D eigenvalue weighted by atomic mass is 35.5. The van der Waals surface area contributed by atoms with Gasteiger partial charge in [0.2, 0.25) is 0 Å². The summed E-state index contributed by atoms with van der Waals surface area (Å²) in [5.41, 5.74) is 1.91. The van der Waals surface area contributed by atoms with Crippen LogP contribution >= 0.6 is 23.2 Å². The van der Waals surface area contributed by atoms with Gasteiger partial charge >= 0.3 is 0 Å². The molecule has 0 fully saturated rings. The second kappa shape index (κ2) is 15.8. The summed E-state index contributed by atoms with van der Waals surface area (Å²) < 4.78 is 24.6. The fourth-order valence-electron chi connectivity index (χ4n) is 6.94. The summed E-state index contributed by atoms with van der Waals surface area (Å²) in [6, 6.07) is 46.5. The first kappa shape index (κ1) is 35.5. The number of para-hydroxylation sites is 2. The average molecular weight is 756 g/mol. The Hall–Kier alpha value is -5.50. The van der Waals surface area contributed by atoms with Crippen LogP contribution in [-0.2, 0) is 0 Å². The third-order valence-corrected chi connectivity index (χ3v) is 9.80. The van der Waals surface area contributed by atoms with E-state index in [1.54, 1.807) is 0 Å². The van der Waals surface area contributed by atoms with E-state index < -0.39 is 12.2 Å². The Morgan fingerprint density at radius 2 is 0.704 bits per heavy atom. The van der Waals surface area contributed by atoms with Gasteiger partial charge in [-0.1, -0.05) is 108 Å². The lowest BCUT2D eigenvalue weighted by molar-refractivity contribution is 0.0637. The van der Waals surface area contributed by atoms with Gasteiger partial charge in [-0.05, 0) is 93.3 Å². The van der Waals surface area contributed by atoms with Gasteiger partial charge in [0.25, 0.3) is 0 Å². The molecule has 0 spiro atoms. The van der Waals surface area contributed by atoms with E-state index in [0.29, 0.717) is 33.0 Å². The van der Waals surface area contributed by atoms with Gasteiger partial charge in [0.05, 0.1) is 0 Å². The van der Waals surface area contributed by atoms with Crippen LogP contribution in [-0.4, -0.2) is 48.8 Å². The van der Waals surface area contributed by atoms with Gasteiger partial charge in [0, 0.05) is 31.6 Å². The molecule has 6 nitrogen and oxygen atoms in total. The maximum absolute atomic E-state index is 10.9. The van der Waals surface area contributed by atoms with E-state index >= 15 is 0 Å². The molecule has 0 radical (unpaired) electrons. The van der Waals surface area contributed by atoms with Crippen molar-refractivity contribution >= 4 is 66.3 Å². The highest BCUT2D eigenvalue weighted by molar-refractivity contribution is 6.34. The quantitative estimate of drug-likeness (QED) is 0.114. The maximum atomic E-state index is 10.9. The van der Waals surface area contributed by atoms with Gasteiger partial charge in [-0.15, -0.1) is 0 Å². The summed E-state index contributed by atoms with van der Waals surface area (Å²) in [5.74, 6) is 2.63. The zero-order valence-corrected chi connectivity index (χ0v) is 30.6. The van der Waals surface area contributed by atoms with E-state index in [1.165, 1.54) is 0 Å². The predicted octanol–water partition coefficient (Wildman–Crippen LogP) is 10.9. The molecule has 2 atom stereocenters. The monoisotopic (exact) mass is 754 g/mol. The molecule has 0 aliphatic heterocycles. The molecule has 0 aromatic heterocycles. The maximum Gasteiger partial charge on any atom is 0.135 e. The summed E-state index contributed by atoms with van der Waals surface area (Å²) in [6.45, 7) is 0.190. The Morgan fingerprint density at radius 3 is 1.11 bits per heavy atom. The summed E-state index contributed by atoms with van der Waals surface area (Å²) >= 11 is 13.5. The summed E-state index contributed by atoms with van der Waals surface area (Å²) in [7, 11) is 0. The van der Waals surface area contributed by atoms with Gasteiger partial charge in [0.1, 0.15) is 61.6 Å². The van der Waals surface area contributed by atoms with Crippen molar-refractivity contribution in [3.8, 4) is 34.1 Å². The summed E-state index contributed by atoms with van der Waals surface area (Å²) in [5, 5.41) is 30.0. The zero-order chi connectivity index (χ0) is 37.0. The van der Waals surface area contributed by atoms with Crippen molar-refractivity contribution in [2.75, 3.05) is 26.4 Å². The Labute approximate surface area is 322 Å². The highest BCUT2D eigenvalue weighted by Gasteiger charge is 2.24. The number of halogens is 2. The van der Waals surface area contributed by atoms with Crippen molar-refractivity contribution in [2.45, 2.75) is 12.2 Å². The SMILES string of the molecule is OC(COc1ccccc1)COc1c2ccccc2c(-c2c3ccccc3c(OCC(O)COc3ccccc3)c3ccc(Cl)cc23)c2cc(Cl)ccc12. The van der Waals surface area contributed by atoms with Crippen LogP contribution in [0.1, 0.15) is 0 Å². The predicted molar refractivity (Wildman–Crippen MR) is 219 cm³/mol. The number of hydrogen-bond acceptors (Lipinski definition) is 6. The van der Waals surface area contributed by atoms with Crippen LogP contribution in [0.3, 0.4) is 0 Å². The van der Waals surface area contributed by atoms with E-state index in [-0.39, 0.29) is 26.4 Å². The summed E-state index contributed by atoms with van der Waals surface area (Å²) in [4.78, 5) is 0. The minimum atomic E-state index is -0.878. The minimum absolute atomic E-state index is 0.0175. The molecule has 8 aromatic carbocycles. The lowest BCUT2D eigenvalue weighted by atomic mass is 9.85. The molecule has 0 heterocycles. The van der Waals surface area contributed by atoms with Crippen molar-refractivity contribution in [3.63, 3.8) is 0 Å². The third-order valence-electron chi connectivity index (χ3n) is 9.33. The zero-order valence-electron chi connectivity index (χ0n) is 29.1. The number of aliphatic hydroxyl groups excluding tert-OH is 2. The van der Waals surface area contributed by atoms with Crippen LogP contribution in [0.15, 0.2) is 146 Å². The Bertz CT molecular complexity index is 2400. The molecule has 0 amide bonds. The molecule has 8 heteroatoms. The van der Waals surface area contributed by atoms with Crippen molar-refractivity contribution in [3.05, 3.63) is 156 Å². The van der Waals surface area contributed by atoms with Crippen molar-refractivity contribution in [1.82, 2.24) is 0 Å². The highest BCUT2D eigenvalue weighted by Crippen LogP contribution is 2.50. The molecule has 0 bridgehead atoms. The lowest BCUT2D eigenvalue weighted by Crippen LogP contribution is -2.25. The number of rotatable bonds is 13. The first-order valence-corrected chi connectivity index (χ1v) is 18.5. The first-order chi connectivity index (χ1) is 26.4. The Balaban J connectivity index is 1.24. The van der Waals surface area contributed by atoms with E-state index in [4.69, 9.17) is 42.1 Å². The van der Waals surface area contributed by atoms with Crippen LogP contribution in [0.25, 0.3) is 54.2 Å². The number of benzene rings is 8.